The van der Waals surface area contributed by atoms with Gasteiger partial charge in [0, 0.05) is 6.42 Å². The molecule has 1 aromatic heterocycles. The first kappa shape index (κ1) is 16.7. The number of quaternary nitrogens is 1. The summed E-state index contributed by atoms with van der Waals surface area (Å²) < 4.78 is 34.3. The second-order valence-electron chi connectivity index (χ2n) is 5.44. The first-order chi connectivity index (χ1) is 11.2. The number of hydrogen-bond acceptors (Lipinski definition) is 8. The number of carbonyl (C=O) groups is 2. The fourth-order valence-corrected chi connectivity index (χ4v) is 3.42. The number of primary amides is 1. The Morgan fingerprint density at radius 2 is 2.29 bits per heavy atom. The molecule has 2 saturated heterocycles. The van der Waals surface area contributed by atoms with E-state index in [0.717, 1.165) is 0 Å². The molecule has 0 radical (unpaired) electrons. The van der Waals surface area contributed by atoms with Crippen molar-refractivity contribution in [3.63, 3.8) is 0 Å². The fourth-order valence-electron chi connectivity index (χ4n) is 3.03. The van der Waals surface area contributed by atoms with Gasteiger partial charge in [0.2, 0.25) is 6.04 Å². The van der Waals surface area contributed by atoms with Gasteiger partial charge in [0.25, 0.3) is 5.91 Å². The maximum absolute atomic E-state index is 12.7. The number of fused-ring (bicyclic) bond motifs is 2. The lowest BCUT2D eigenvalue weighted by molar-refractivity contribution is -1.05. The minimum atomic E-state index is -4.91. The van der Waals surface area contributed by atoms with Crippen LogP contribution in [0.15, 0.2) is 6.33 Å². The van der Waals surface area contributed by atoms with E-state index in [1.807, 2.05) is 0 Å². The van der Waals surface area contributed by atoms with Crippen LogP contribution in [0.1, 0.15) is 18.7 Å². The number of hydroxylamine groups is 5. The molecule has 4 N–H and O–H groups in total. The molecule has 14 heteroatoms. The lowest BCUT2D eigenvalue weighted by Gasteiger charge is -2.34. The van der Waals surface area contributed by atoms with Crippen LogP contribution in [-0.4, -0.2) is 68.4 Å². The van der Waals surface area contributed by atoms with Gasteiger partial charge in [0.05, 0.1) is 0 Å². The molecule has 2 aliphatic heterocycles. The van der Waals surface area contributed by atoms with Crippen molar-refractivity contribution in [3.05, 3.63) is 12.2 Å². The normalized spacial score (nSPS) is 29.9. The number of aromatic nitrogens is 3. The van der Waals surface area contributed by atoms with Gasteiger partial charge in [-0.1, -0.05) is 4.65 Å². The third-order valence-corrected chi connectivity index (χ3v) is 4.35. The SMILES string of the molecule is NC(=O)[C@@H]1CC[C@@H]2C[N+]1(OCc1ncn[nH]1)C(=O)N2OS(=O)(=O)O. The summed E-state index contributed by atoms with van der Waals surface area (Å²) in [5.74, 6) is -0.470. The Hall–Kier alpha value is -2.13. The van der Waals surface area contributed by atoms with E-state index in [-0.39, 0.29) is 26.0 Å². The number of nitrogens with one attached hydrogen (secondary N) is 1. The van der Waals surface area contributed by atoms with Crippen molar-refractivity contribution >= 4 is 22.3 Å². The predicted octanol–water partition coefficient (Wildman–Crippen LogP) is -1.76. The molecular formula is C10H15N6O7S+. The minimum absolute atomic E-state index is 0.0594. The molecule has 0 aromatic carbocycles. The quantitative estimate of drug-likeness (QED) is 0.390. The van der Waals surface area contributed by atoms with Gasteiger partial charge in [0.15, 0.2) is 12.4 Å². The number of nitrogens with two attached hydrogens (primary N) is 1. The summed E-state index contributed by atoms with van der Waals surface area (Å²) in [6.45, 7) is -0.252. The van der Waals surface area contributed by atoms with Gasteiger partial charge in [-0.3, -0.25) is 14.4 Å². The maximum atomic E-state index is 12.7. The van der Waals surface area contributed by atoms with Gasteiger partial charge in [-0.2, -0.15) is 18.4 Å². The van der Waals surface area contributed by atoms with E-state index >= 15 is 0 Å². The molecule has 2 bridgehead atoms. The largest absolute Gasteiger partial charge is 0.477 e. The van der Waals surface area contributed by atoms with Crippen molar-refractivity contribution in [2.24, 2.45) is 5.73 Å². The highest BCUT2D eigenvalue weighted by Crippen LogP contribution is 2.38. The summed E-state index contributed by atoms with van der Waals surface area (Å²) in [6, 6.07) is -2.66. The van der Waals surface area contributed by atoms with Crippen molar-refractivity contribution in [3.8, 4) is 0 Å². The number of rotatable bonds is 6. The van der Waals surface area contributed by atoms with Crippen LogP contribution in [-0.2, 0) is 30.9 Å². The highest BCUT2D eigenvalue weighted by atomic mass is 32.3. The second-order valence-corrected chi connectivity index (χ2v) is 6.45. The number of carbonyl (C=O) groups excluding carboxylic acids is 2. The van der Waals surface area contributed by atoms with Crippen LogP contribution in [0.3, 0.4) is 0 Å². The average molecular weight is 363 g/mol. The number of urea groups is 1. The Balaban J connectivity index is 1.91. The van der Waals surface area contributed by atoms with Crippen molar-refractivity contribution in [2.45, 2.75) is 31.5 Å². The molecule has 2 fully saturated rings. The summed E-state index contributed by atoms with van der Waals surface area (Å²) in [5, 5.41) is 6.68. The van der Waals surface area contributed by atoms with Crippen LogP contribution in [0.4, 0.5) is 4.79 Å². The van der Waals surface area contributed by atoms with E-state index in [1.54, 1.807) is 0 Å². The first-order valence-electron chi connectivity index (χ1n) is 6.89. The summed E-state index contributed by atoms with van der Waals surface area (Å²) in [7, 11) is -4.91. The molecular weight excluding hydrogens is 348 g/mol. The highest BCUT2D eigenvalue weighted by molar-refractivity contribution is 7.80. The molecule has 1 aromatic rings. The van der Waals surface area contributed by atoms with Crippen LogP contribution in [0.25, 0.3) is 0 Å². The van der Waals surface area contributed by atoms with E-state index in [2.05, 4.69) is 19.5 Å². The molecule has 24 heavy (non-hydrogen) atoms. The summed E-state index contributed by atoms with van der Waals surface area (Å²) in [4.78, 5) is 33.9. The van der Waals surface area contributed by atoms with Crippen LogP contribution in [0, 0.1) is 0 Å². The zero-order valence-corrected chi connectivity index (χ0v) is 13.0. The monoisotopic (exact) mass is 363 g/mol. The third-order valence-electron chi connectivity index (χ3n) is 4.00. The second kappa shape index (κ2) is 5.75. The fraction of sp³-hybridized carbons (Fsp3) is 0.600. The number of H-pyrrole nitrogens is 1. The number of nitrogens with zero attached hydrogens (tertiary/aromatic N) is 4. The molecule has 3 atom stereocenters. The van der Waals surface area contributed by atoms with Gasteiger partial charge in [0.1, 0.15) is 18.9 Å². The van der Waals surface area contributed by atoms with Crippen LogP contribution in [0.2, 0.25) is 0 Å². The summed E-state index contributed by atoms with van der Waals surface area (Å²) in [6.07, 6.45) is 1.69. The molecule has 1 unspecified atom stereocenters. The Morgan fingerprint density at radius 1 is 1.54 bits per heavy atom. The minimum Gasteiger partial charge on any atom is -0.364 e. The topological polar surface area (TPSA) is 178 Å². The number of amides is 3. The smallest absolute Gasteiger partial charge is 0.364 e. The van der Waals surface area contributed by atoms with E-state index < -0.39 is 39.1 Å². The van der Waals surface area contributed by atoms with Crippen molar-refractivity contribution in [2.75, 3.05) is 6.54 Å². The Labute approximate surface area is 135 Å². The molecule has 2 aliphatic rings. The highest BCUT2D eigenvalue weighted by Gasteiger charge is 2.65. The van der Waals surface area contributed by atoms with Gasteiger partial charge in [-0.15, -0.1) is 9.35 Å². The third kappa shape index (κ3) is 2.84. The maximum Gasteiger partial charge on any atom is 0.477 e. The van der Waals surface area contributed by atoms with Gasteiger partial charge >= 0.3 is 16.4 Å². The predicted molar refractivity (Wildman–Crippen MR) is 72.2 cm³/mol. The summed E-state index contributed by atoms with van der Waals surface area (Å²) in [5.41, 5.74) is 5.37. The van der Waals surface area contributed by atoms with Crippen molar-refractivity contribution in [1.29, 1.82) is 0 Å². The van der Waals surface area contributed by atoms with Gasteiger partial charge < -0.3 is 5.73 Å². The zero-order valence-electron chi connectivity index (χ0n) is 12.2. The molecule has 0 spiro atoms. The number of aromatic amines is 1. The van der Waals surface area contributed by atoms with E-state index in [4.69, 9.17) is 15.1 Å². The Kier molecular flexibility index (Phi) is 4.00. The van der Waals surface area contributed by atoms with Gasteiger partial charge in [-0.25, -0.2) is 9.78 Å². The molecule has 0 aliphatic carbocycles. The lowest BCUT2D eigenvalue weighted by Crippen LogP contribution is -2.62. The Bertz CT molecular complexity index is 752. The first-order valence-corrected chi connectivity index (χ1v) is 8.26. The number of hydrogen-bond donors (Lipinski definition) is 3. The van der Waals surface area contributed by atoms with Crippen LogP contribution in [0.5, 0.6) is 0 Å². The molecule has 3 amide bonds. The van der Waals surface area contributed by atoms with Crippen molar-refractivity contribution in [1.82, 2.24) is 20.2 Å². The average Bonchev–Trinajstić information content (AvgIpc) is 3.07. The van der Waals surface area contributed by atoms with Crippen molar-refractivity contribution < 1.29 is 36.3 Å². The van der Waals surface area contributed by atoms with E-state index in [1.165, 1.54) is 6.33 Å². The lowest BCUT2D eigenvalue weighted by atomic mass is 10.00. The van der Waals surface area contributed by atoms with Gasteiger partial charge in [-0.05, 0) is 6.42 Å². The molecule has 3 rings (SSSR count). The van der Waals surface area contributed by atoms with E-state index in [0.29, 0.717) is 10.9 Å². The Morgan fingerprint density at radius 3 is 2.88 bits per heavy atom. The molecule has 132 valence electrons. The van der Waals surface area contributed by atoms with E-state index in [9.17, 15) is 18.0 Å². The van der Waals surface area contributed by atoms with Crippen LogP contribution < -0.4 is 5.73 Å². The summed E-state index contributed by atoms with van der Waals surface area (Å²) >= 11 is 0. The number of piperidine rings is 1. The van der Waals surface area contributed by atoms with Crippen LogP contribution >= 0.6 is 0 Å². The zero-order chi connectivity index (χ0) is 17.5. The molecule has 0 saturated carbocycles. The standard InChI is InChI=1S/C10H14N6O7S/c11-9(17)7-2-1-6-3-16(7,22-4-8-12-5-13-14-8)10(18)15(6)23-24(19,20)21/h5-7H,1-4H2,(H3-,11,12,13,14,17,19,20,21)/p+1/t6-,7+,16?/m1/s1. The molecule has 3 heterocycles. The molecule has 13 nitrogen and oxygen atoms in total.